The maximum atomic E-state index is 9.77. The van der Waals surface area contributed by atoms with Crippen LogP contribution in [0.2, 0.25) is 0 Å². The van der Waals surface area contributed by atoms with Crippen LogP contribution in [0.4, 0.5) is 0 Å². The summed E-state index contributed by atoms with van der Waals surface area (Å²) in [4.78, 5) is 0. The van der Waals surface area contributed by atoms with E-state index in [9.17, 15) is 40.9 Å². The van der Waals surface area contributed by atoms with Crippen molar-refractivity contribution in [2.75, 3.05) is 26.3 Å². The zero-order valence-electron chi connectivity index (χ0n) is 12.7. The van der Waals surface area contributed by atoms with Crippen molar-refractivity contribution in [2.45, 2.75) is 48.8 Å². The highest BCUT2D eigenvalue weighted by molar-refractivity contribution is 14.1. The third-order valence-electron chi connectivity index (χ3n) is 3.42. The van der Waals surface area contributed by atoms with Crippen LogP contribution in [0.25, 0.3) is 0 Å². The summed E-state index contributed by atoms with van der Waals surface area (Å²) in [6.45, 7) is -2.21. The molecule has 0 aliphatic rings. The van der Waals surface area contributed by atoms with Crippen LogP contribution >= 0.6 is 22.9 Å². The maximum Gasteiger partial charge on any atom is 0.111 e. The molecule has 0 bridgehead atoms. The minimum Gasteiger partial charge on any atom is -0.394 e. The molecular weight excluding hydrogens is 445 g/mol. The van der Waals surface area contributed by atoms with E-state index in [4.69, 9.17) is 10.2 Å². The molecule has 0 spiro atoms. The molecular formula is C12H26INO10. The number of aliphatic hydroxyl groups is 10. The van der Waals surface area contributed by atoms with Gasteiger partial charge in [-0.1, -0.05) is 0 Å². The Morgan fingerprint density at radius 2 is 0.792 bits per heavy atom. The molecule has 0 aliphatic heterocycles. The van der Waals surface area contributed by atoms with Crippen LogP contribution in [0.1, 0.15) is 0 Å². The first kappa shape index (κ1) is 24.3. The lowest BCUT2D eigenvalue weighted by molar-refractivity contribution is -0.123. The molecule has 0 saturated heterocycles. The minimum atomic E-state index is -1.79. The van der Waals surface area contributed by atoms with Crippen LogP contribution in [0.3, 0.4) is 0 Å². The van der Waals surface area contributed by atoms with Gasteiger partial charge in [0.05, 0.1) is 25.4 Å². The number of hydrogen-bond donors (Lipinski definition) is 10. The number of hydrogen-bond acceptors (Lipinski definition) is 11. The summed E-state index contributed by atoms with van der Waals surface area (Å²) in [6, 6.07) is 0. The van der Waals surface area contributed by atoms with E-state index in [1.165, 1.54) is 3.11 Å². The lowest BCUT2D eigenvalue weighted by Gasteiger charge is -2.30. The van der Waals surface area contributed by atoms with Crippen LogP contribution in [-0.4, -0.2) is 129 Å². The standard InChI is InChI=1S/C12H26INO10/c13-14(1-5(17)9(21)11(23)7(19)3-15)2-6(18)10(22)12(24)8(20)4-16/h5-12,15-24H,1-4H2/t5-,6-,7-,8+,9-,10+,11-,12+/m0/s1. The fourth-order valence-corrected chi connectivity index (χ4v) is 2.63. The predicted octanol–water partition coefficient (Wildman–Crippen LogP) is -5.49. The van der Waals surface area contributed by atoms with Gasteiger partial charge in [0.25, 0.3) is 0 Å². The quantitative estimate of drug-likeness (QED) is 0.0960. The number of rotatable bonds is 12. The molecule has 12 heteroatoms. The van der Waals surface area contributed by atoms with Gasteiger partial charge in [0.2, 0.25) is 0 Å². The Morgan fingerprint density at radius 1 is 0.542 bits per heavy atom. The molecule has 8 atom stereocenters. The van der Waals surface area contributed by atoms with Crippen molar-refractivity contribution in [1.29, 1.82) is 0 Å². The van der Waals surface area contributed by atoms with Crippen LogP contribution < -0.4 is 0 Å². The third-order valence-corrected chi connectivity index (χ3v) is 4.21. The molecule has 0 fully saturated rings. The summed E-state index contributed by atoms with van der Waals surface area (Å²) in [7, 11) is 0. The smallest absolute Gasteiger partial charge is 0.111 e. The SMILES string of the molecule is OC[C@@H](O)[C@@H](O)[C@H](O)[C@@H](O)CN(I)C[C@H](O)[C@H](O)[C@@H](O)[C@@H](O)CO. The summed E-state index contributed by atoms with van der Waals surface area (Å²) in [5, 5.41) is 93.6. The topological polar surface area (TPSA) is 206 Å². The Balaban J connectivity index is 4.48. The molecule has 0 unspecified atom stereocenters. The van der Waals surface area contributed by atoms with E-state index in [0.29, 0.717) is 0 Å². The fourth-order valence-electron chi connectivity index (χ4n) is 1.82. The first-order chi connectivity index (χ1) is 11.1. The lowest BCUT2D eigenvalue weighted by Crippen LogP contribution is -2.51. The monoisotopic (exact) mass is 471 g/mol. The summed E-state index contributed by atoms with van der Waals surface area (Å²) in [6.07, 6.45) is -13.5. The van der Waals surface area contributed by atoms with Gasteiger partial charge in [-0.25, -0.2) is 3.11 Å². The molecule has 0 aromatic rings. The van der Waals surface area contributed by atoms with E-state index in [1.54, 1.807) is 22.9 Å². The van der Waals surface area contributed by atoms with Gasteiger partial charge in [-0.2, -0.15) is 0 Å². The number of nitrogens with zero attached hydrogens (tertiary/aromatic N) is 1. The van der Waals surface area contributed by atoms with E-state index < -0.39 is 62.0 Å². The van der Waals surface area contributed by atoms with E-state index in [0.717, 1.165) is 0 Å². The average Bonchev–Trinajstić information content (AvgIpc) is 2.56. The van der Waals surface area contributed by atoms with Gasteiger partial charge in [-0.05, 0) is 0 Å². The number of halogens is 1. The van der Waals surface area contributed by atoms with Crippen LogP contribution in [-0.2, 0) is 0 Å². The summed E-state index contributed by atoms with van der Waals surface area (Å²) >= 11 is 1.64. The zero-order chi connectivity index (χ0) is 19.0. The van der Waals surface area contributed by atoms with Gasteiger partial charge in [-0.15, -0.1) is 0 Å². The highest BCUT2D eigenvalue weighted by Crippen LogP contribution is 2.12. The van der Waals surface area contributed by atoms with E-state index in [1.807, 2.05) is 0 Å². The van der Waals surface area contributed by atoms with Crippen molar-refractivity contribution < 1.29 is 51.1 Å². The Bertz CT molecular complexity index is 311. The second-order valence-electron chi connectivity index (χ2n) is 5.42. The van der Waals surface area contributed by atoms with Gasteiger partial charge in [0.1, 0.15) is 36.6 Å². The molecule has 0 rings (SSSR count). The minimum absolute atomic E-state index is 0.292. The molecule has 11 nitrogen and oxygen atoms in total. The van der Waals surface area contributed by atoms with Crippen molar-refractivity contribution in [3.63, 3.8) is 0 Å². The number of aliphatic hydroxyl groups excluding tert-OH is 10. The highest BCUT2D eigenvalue weighted by Gasteiger charge is 2.33. The fraction of sp³-hybridized carbons (Fsp3) is 1.00. The molecule has 0 aliphatic carbocycles. The van der Waals surface area contributed by atoms with Crippen molar-refractivity contribution in [2.24, 2.45) is 0 Å². The zero-order valence-corrected chi connectivity index (χ0v) is 14.9. The Kier molecular flexibility index (Phi) is 12.0. The Morgan fingerprint density at radius 3 is 1.04 bits per heavy atom. The highest BCUT2D eigenvalue weighted by atomic mass is 127. The van der Waals surface area contributed by atoms with Crippen LogP contribution in [0, 0.1) is 0 Å². The molecule has 10 N–H and O–H groups in total. The molecule has 0 heterocycles. The maximum absolute atomic E-state index is 9.77. The van der Waals surface area contributed by atoms with Crippen LogP contribution in [0.5, 0.6) is 0 Å². The second kappa shape index (κ2) is 11.8. The molecule has 0 aromatic heterocycles. The van der Waals surface area contributed by atoms with Crippen LogP contribution in [0.15, 0.2) is 0 Å². The first-order valence-corrected chi connectivity index (χ1v) is 8.10. The van der Waals surface area contributed by atoms with Crippen molar-refractivity contribution in [3.8, 4) is 0 Å². The summed E-state index contributed by atoms with van der Waals surface area (Å²) in [5.41, 5.74) is 0. The van der Waals surface area contributed by atoms with E-state index >= 15 is 0 Å². The summed E-state index contributed by atoms with van der Waals surface area (Å²) < 4.78 is 1.23. The molecule has 146 valence electrons. The predicted molar refractivity (Wildman–Crippen MR) is 87.8 cm³/mol. The Labute approximate surface area is 152 Å². The van der Waals surface area contributed by atoms with Gasteiger partial charge in [0, 0.05) is 36.0 Å². The van der Waals surface area contributed by atoms with Gasteiger partial charge < -0.3 is 51.1 Å². The second-order valence-corrected chi connectivity index (χ2v) is 6.79. The van der Waals surface area contributed by atoms with Crippen molar-refractivity contribution >= 4 is 22.9 Å². The van der Waals surface area contributed by atoms with Gasteiger partial charge >= 0.3 is 0 Å². The molecule has 0 saturated carbocycles. The Hall–Kier alpha value is 0.290. The summed E-state index contributed by atoms with van der Waals surface area (Å²) in [5.74, 6) is 0. The largest absolute Gasteiger partial charge is 0.394 e. The van der Waals surface area contributed by atoms with Gasteiger partial charge in [-0.3, -0.25) is 0 Å². The van der Waals surface area contributed by atoms with Crippen molar-refractivity contribution in [3.05, 3.63) is 0 Å². The third kappa shape index (κ3) is 7.67. The molecule has 24 heavy (non-hydrogen) atoms. The van der Waals surface area contributed by atoms with E-state index in [2.05, 4.69) is 0 Å². The molecule has 0 amide bonds. The first-order valence-electron chi connectivity index (χ1n) is 7.13. The molecule has 0 aromatic carbocycles. The normalized spacial score (nSPS) is 22.5. The van der Waals surface area contributed by atoms with Crippen molar-refractivity contribution in [1.82, 2.24) is 3.11 Å². The van der Waals surface area contributed by atoms with Gasteiger partial charge in [0.15, 0.2) is 0 Å². The average molecular weight is 471 g/mol. The lowest BCUT2D eigenvalue weighted by atomic mass is 10.0. The molecule has 0 radical (unpaired) electrons. The van der Waals surface area contributed by atoms with E-state index in [-0.39, 0.29) is 13.1 Å².